The van der Waals surface area contributed by atoms with Crippen LogP contribution in [0.25, 0.3) is 0 Å². The van der Waals surface area contributed by atoms with Crippen LogP contribution in [0.5, 0.6) is 0 Å². The third-order valence-electron chi connectivity index (χ3n) is 6.47. The van der Waals surface area contributed by atoms with Gasteiger partial charge in [0.1, 0.15) is 0 Å². The molecule has 0 aromatic heterocycles. The van der Waals surface area contributed by atoms with Gasteiger partial charge in [0, 0.05) is 24.3 Å². The normalized spacial score (nSPS) is 14.2. The summed E-state index contributed by atoms with van der Waals surface area (Å²) >= 11 is 0. The van der Waals surface area contributed by atoms with Crippen LogP contribution in [0.2, 0.25) is 0 Å². The third-order valence-corrected chi connectivity index (χ3v) is 6.47. The second-order valence-corrected chi connectivity index (χ2v) is 9.15. The van der Waals surface area contributed by atoms with Crippen LogP contribution >= 0.6 is 0 Å². The molecule has 0 aliphatic carbocycles. The molecule has 0 radical (unpaired) electrons. The summed E-state index contributed by atoms with van der Waals surface area (Å²) in [6.07, 6.45) is 2.57. The molecule has 0 N–H and O–H groups in total. The summed E-state index contributed by atoms with van der Waals surface area (Å²) in [5, 5.41) is 0. The number of aryl methyl sites for hydroxylation is 1. The zero-order valence-electron chi connectivity index (χ0n) is 19.5. The number of carbonyl (C=O) groups is 2. The molecule has 4 nitrogen and oxygen atoms in total. The van der Waals surface area contributed by atoms with Crippen molar-refractivity contribution in [3.05, 3.63) is 101 Å². The van der Waals surface area contributed by atoms with Gasteiger partial charge >= 0.3 is 0 Å². The Bertz CT molecular complexity index is 1070. The van der Waals surface area contributed by atoms with Crippen molar-refractivity contribution < 1.29 is 9.59 Å². The van der Waals surface area contributed by atoms with E-state index in [0.717, 1.165) is 42.7 Å². The molecule has 0 saturated carbocycles. The van der Waals surface area contributed by atoms with Crippen LogP contribution in [-0.4, -0.2) is 29.8 Å². The Labute approximate surface area is 196 Å². The van der Waals surface area contributed by atoms with Crippen LogP contribution in [-0.2, 0) is 17.8 Å². The molecule has 0 unspecified atom stereocenters. The van der Waals surface area contributed by atoms with Crippen LogP contribution in [0.1, 0.15) is 46.8 Å². The topological polar surface area (TPSA) is 40.6 Å². The molecule has 1 heterocycles. The number of hydrogen-bond donors (Lipinski definition) is 0. The Morgan fingerprint density at radius 1 is 0.848 bits per heavy atom. The fourth-order valence-electron chi connectivity index (χ4n) is 4.23. The minimum Gasteiger partial charge on any atom is -0.342 e. The van der Waals surface area contributed by atoms with E-state index in [0.29, 0.717) is 24.4 Å². The quantitative estimate of drug-likeness (QED) is 0.497. The van der Waals surface area contributed by atoms with Crippen molar-refractivity contribution in [2.75, 3.05) is 18.0 Å². The number of anilines is 1. The Kier molecular flexibility index (Phi) is 7.23. The summed E-state index contributed by atoms with van der Waals surface area (Å²) in [6.45, 7) is 6.50. The molecule has 4 heteroatoms. The van der Waals surface area contributed by atoms with Gasteiger partial charge in [-0.05, 0) is 61.1 Å². The number of carbonyl (C=O) groups excluding carboxylic acids is 2. The van der Waals surface area contributed by atoms with Crippen LogP contribution in [0.3, 0.4) is 0 Å². The SMILES string of the molecule is Cc1ccc(CN(C(=O)c2ccccc2)c2ccc(CC(=O)N3CCC(C)CC3)cc2)cc1. The Hall–Kier alpha value is -3.40. The average molecular weight is 441 g/mol. The van der Waals surface area contributed by atoms with E-state index < -0.39 is 0 Å². The first-order chi connectivity index (χ1) is 16.0. The first-order valence-electron chi connectivity index (χ1n) is 11.8. The van der Waals surface area contributed by atoms with Gasteiger partial charge in [0.15, 0.2) is 0 Å². The highest BCUT2D eigenvalue weighted by Gasteiger charge is 2.21. The summed E-state index contributed by atoms with van der Waals surface area (Å²) in [7, 11) is 0. The van der Waals surface area contributed by atoms with Gasteiger partial charge in [-0.2, -0.15) is 0 Å². The molecule has 1 aliphatic heterocycles. The number of hydrogen-bond acceptors (Lipinski definition) is 2. The predicted octanol–water partition coefficient (Wildman–Crippen LogP) is 5.64. The van der Waals surface area contributed by atoms with E-state index in [-0.39, 0.29) is 11.8 Å². The zero-order chi connectivity index (χ0) is 23.2. The molecule has 2 amide bonds. The first-order valence-corrected chi connectivity index (χ1v) is 11.8. The average Bonchev–Trinajstić information content (AvgIpc) is 2.85. The summed E-state index contributed by atoms with van der Waals surface area (Å²) in [6, 6.07) is 25.5. The highest BCUT2D eigenvalue weighted by molar-refractivity contribution is 6.06. The maximum absolute atomic E-state index is 13.4. The number of likely N-dealkylation sites (tertiary alicyclic amines) is 1. The Balaban J connectivity index is 1.52. The summed E-state index contributed by atoms with van der Waals surface area (Å²) < 4.78 is 0. The molecule has 0 spiro atoms. The van der Waals surface area contributed by atoms with Gasteiger partial charge in [0.05, 0.1) is 13.0 Å². The van der Waals surface area contributed by atoms with Gasteiger partial charge in [-0.15, -0.1) is 0 Å². The van der Waals surface area contributed by atoms with E-state index in [1.54, 1.807) is 4.90 Å². The number of benzene rings is 3. The number of rotatable bonds is 6. The van der Waals surface area contributed by atoms with Gasteiger partial charge in [-0.25, -0.2) is 0 Å². The lowest BCUT2D eigenvalue weighted by Gasteiger charge is -2.30. The van der Waals surface area contributed by atoms with Crippen molar-refractivity contribution in [1.82, 2.24) is 4.90 Å². The van der Waals surface area contributed by atoms with Gasteiger partial charge in [0.25, 0.3) is 5.91 Å². The smallest absolute Gasteiger partial charge is 0.258 e. The molecule has 1 saturated heterocycles. The van der Waals surface area contributed by atoms with Crippen LogP contribution < -0.4 is 4.90 Å². The van der Waals surface area contributed by atoms with Crippen LogP contribution in [0.15, 0.2) is 78.9 Å². The minimum absolute atomic E-state index is 0.0394. The lowest BCUT2D eigenvalue weighted by atomic mass is 9.98. The fraction of sp³-hybridized carbons (Fsp3) is 0.310. The molecule has 3 aromatic carbocycles. The highest BCUT2D eigenvalue weighted by Crippen LogP contribution is 2.23. The summed E-state index contributed by atoms with van der Waals surface area (Å²) in [5.41, 5.74) is 4.72. The van der Waals surface area contributed by atoms with Crippen molar-refractivity contribution >= 4 is 17.5 Å². The molecule has 4 rings (SSSR count). The largest absolute Gasteiger partial charge is 0.342 e. The van der Waals surface area contributed by atoms with E-state index in [9.17, 15) is 9.59 Å². The van der Waals surface area contributed by atoms with Gasteiger partial charge < -0.3 is 9.80 Å². The van der Waals surface area contributed by atoms with E-state index in [1.165, 1.54) is 5.56 Å². The highest BCUT2D eigenvalue weighted by atomic mass is 16.2. The lowest BCUT2D eigenvalue weighted by molar-refractivity contribution is -0.131. The maximum atomic E-state index is 13.4. The summed E-state index contributed by atoms with van der Waals surface area (Å²) in [5.74, 6) is 0.851. The molecule has 0 atom stereocenters. The lowest BCUT2D eigenvalue weighted by Crippen LogP contribution is -2.38. The van der Waals surface area contributed by atoms with E-state index in [1.807, 2.05) is 59.5 Å². The molecule has 1 aliphatic rings. The van der Waals surface area contributed by atoms with E-state index in [4.69, 9.17) is 0 Å². The molecular weight excluding hydrogens is 408 g/mol. The maximum Gasteiger partial charge on any atom is 0.258 e. The van der Waals surface area contributed by atoms with Crippen molar-refractivity contribution in [2.45, 2.75) is 39.7 Å². The standard InChI is InChI=1S/C29H32N2O2/c1-22-8-10-25(11-9-22)21-31(29(33)26-6-4-3-5-7-26)27-14-12-24(13-15-27)20-28(32)30-18-16-23(2)17-19-30/h3-15,23H,16-21H2,1-2H3. The minimum atomic E-state index is -0.0394. The van der Waals surface area contributed by atoms with Gasteiger partial charge in [-0.3, -0.25) is 9.59 Å². The number of nitrogens with zero attached hydrogens (tertiary/aromatic N) is 2. The van der Waals surface area contributed by atoms with Crippen molar-refractivity contribution in [1.29, 1.82) is 0 Å². The van der Waals surface area contributed by atoms with Crippen molar-refractivity contribution in [2.24, 2.45) is 5.92 Å². The van der Waals surface area contributed by atoms with E-state index in [2.05, 4.69) is 38.1 Å². The summed E-state index contributed by atoms with van der Waals surface area (Å²) in [4.78, 5) is 29.9. The molecule has 0 bridgehead atoms. The number of piperidine rings is 1. The van der Waals surface area contributed by atoms with E-state index >= 15 is 0 Å². The van der Waals surface area contributed by atoms with Crippen LogP contribution in [0.4, 0.5) is 5.69 Å². The Morgan fingerprint density at radius 3 is 2.09 bits per heavy atom. The molecule has 3 aromatic rings. The zero-order valence-corrected chi connectivity index (χ0v) is 19.5. The molecule has 170 valence electrons. The van der Waals surface area contributed by atoms with Crippen LogP contribution in [0, 0.1) is 12.8 Å². The fourth-order valence-corrected chi connectivity index (χ4v) is 4.23. The number of amides is 2. The predicted molar refractivity (Wildman–Crippen MR) is 133 cm³/mol. The molecule has 1 fully saturated rings. The molecule has 33 heavy (non-hydrogen) atoms. The van der Waals surface area contributed by atoms with Crippen molar-refractivity contribution in [3.8, 4) is 0 Å². The van der Waals surface area contributed by atoms with Gasteiger partial charge in [-0.1, -0.05) is 67.1 Å². The molecular formula is C29H32N2O2. The third kappa shape index (κ3) is 5.89. The second kappa shape index (κ2) is 10.5. The van der Waals surface area contributed by atoms with Crippen molar-refractivity contribution in [3.63, 3.8) is 0 Å². The Morgan fingerprint density at radius 2 is 1.45 bits per heavy atom. The monoisotopic (exact) mass is 440 g/mol. The van der Waals surface area contributed by atoms with Gasteiger partial charge in [0.2, 0.25) is 5.91 Å². The second-order valence-electron chi connectivity index (χ2n) is 9.15. The first kappa shape index (κ1) is 22.8.